The van der Waals surface area contributed by atoms with Crippen molar-refractivity contribution in [3.8, 4) is 0 Å². The number of rotatable bonds is 7. The first kappa shape index (κ1) is 17.8. The van der Waals surface area contributed by atoms with Crippen molar-refractivity contribution >= 4 is 0 Å². The zero-order valence-electron chi connectivity index (χ0n) is 14.6. The average Bonchev–Trinajstić information content (AvgIpc) is 2.64. The zero-order valence-corrected chi connectivity index (χ0v) is 14.6. The molecule has 0 amide bonds. The number of aliphatic hydroxyl groups is 1. The maximum atomic E-state index is 10.3. The fraction of sp³-hybridized carbons (Fsp3) is 0.737. The number of nitrogens with one attached hydrogen (secondary N) is 1. The van der Waals surface area contributed by atoms with Gasteiger partial charge in [-0.25, -0.2) is 0 Å². The van der Waals surface area contributed by atoms with Gasteiger partial charge in [-0.15, -0.1) is 0 Å². The summed E-state index contributed by atoms with van der Waals surface area (Å²) in [7, 11) is 0. The van der Waals surface area contributed by atoms with Crippen LogP contribution in [0.3, 0.4) is 0 Å². The first-order valence-corrected chi connectivity index (χ1v) is 9.36. The van der Waals surface area contributed by atoms with E-state index in [0.29, 0.717) is 12.0 Å². The standard InChI is InChI=1S/C19H31N3O2/c23-18(17-4-8-20-9-5-17)14-21-15-19(6-2-1-3-7-19)16-22-10-12-24-13-11-22/h4-5,8-9,18,21,23H,1-3,6-7,10-16H2. The lowest BCUT2D eigenvalue weighted by molar-refractivity contribution is 0.00653. The topological polar surface area (TPSA) is 57.6 Å². The Morgan fingerprint density at radius 3 is 2.58 bits per heavy atom. The van der Waals surface area contributed by atoms with E-state index in [2.05, 4.69) is 15.2 Å². The molecule has 0 radical (unpaired) electrons. The molecule has 1 aromatic rings. The molecule has 1 unspecified atom stereocenters. The van der Waals surface area contributed by atoms with E-state index in [1.165, 1.54) is 32.1 Å². The molecule has 3 rings (SSSR count). The molecule has 2 heterocycles. The van der Waals surface area contributed by atoms with Crippen LogP contribution in [-0.2, 0) is 4.74 Å². The first-order valence-electron chi connectivity index (χ1n) is 9.36. The van der Waals surface area contributed by atoms with Gasteiger partial charge in [-0.1, -0.05) is 19.3 Å². The minimum atomic E-state index is -0.461. The molecule has 0 aromatic carbocycles. The van der Waals surface area contributed by atoms with Crippen molar-refractivity contribution in [3.63, 3.8) is 0 Å². The molecule has 134 valence electrons. The number of ether oxygens (including phenoxy) is 1. The largest absolute Gasteiger partial charge is 0.387 e. The SMILES string of the molecule is OC(CNCC1(CN2CCOCC2)CCCCC1)c1ccncc1. The average molecular weight is 333 g/mol. The number of pyridine rings is 1. The van der Waals surface area contributed by atoms with Crippen LogP contribution < -0.4 is 5.32 Å². The summed E-state index contributed by atoms with van der Waals surface area (Å²) >= 11 is 0. The molecule has 24 heavy (non-hydrogen) atoms. The van der Waals surface area contributed by atoms with Gasteiger partial charge in [0.05, 0.1) is 19.3 Å². The zero-order chi connectivity index (χ0) is 16.7. The Morgan fingerprint density at radius 2 is 1.88 bits per heavy atom. The summed E-state index contributed by atoms with van der Waals surface area (Å²) in [5.74, 6) is 0. The summed E-state index contributed by atoms with van der Waals surface area (Å²) in [5.41, 5.74) is 1.29. The first-order chi connectivity index (χ1) is 11.8. The van der Waals surface area contributed by atoms with E-state index in [4.69, 9.17) is 4.74 Å². The fourth-order valence-corrected chi connectivity index (χ4v) is 4.10. The Balaban J connectivity index is 1.52. The summed E-state index contributed by atoms with van der Waals surface area (Å²) in [6.07, 6.45) is 9.63. The lowest BCUT2D eigenvalue weighted by atomic mass is 9.73. The molecule has 1 aliphatic heterocycles. The molecular weight excluding hydrogens is 302 g/mol. The number of morpholine rings is 1. The minimum Gasteiger partial charge on any atom is -0.387 e. The highest BCUT2D eigenvalue weighted by Gasteiger charge is 2.34. The lowest BCUT2D eigenvalue weighted by Gasteiger charge is -2.42. The van der Waals surface area contributed by atoms with Crippen LogP contribution in [0.2, 0.25) is 0 Å². The quantitative estimate of drug-likeness (QED) is 0.799. The molecule has 1 saturated carbocycles. The maximum Gasteiger partial charge on any atom is 0.0915 e. The van der Waals surface area contributed by atoms with Crippen LogP contribution in [0, 0.1) is 5.41 Å². The normalized spacial score (nSPS) is 23.0. The summed E-state index contributed by atoms with van der Waals surface area (Å²) in [5, 5.41) is 13.9. The van der Waals surface area contributed by atoms with Gasteiger partial charge in [-0.2, -0.15) is 0 Å². The molecule has 1 aromatic heterocycles. The van der Waals surface area contributed by atoms with Crippen molar-refractivity contribution in [1.82, 2.24) is 15.2 Å². The molecule has 5 nitrogen and oxygen atoms in total. The van der Waals surface area contributed by atoms with E-state index >= 15 is 0 Å². The molecule has 1 saturated heterocycles. The molecule has 1 atom stereocenters. The van der Waals surface area contributed by atoms with Gasteiger partial charge in [-0.3, -0.25) is 9.88 Å². The van der Waals surface area contributed by atoms with Crippen molar-refractivity contribution in [2.24, 2.45) is 5.41 Å². The number of hydrogen-bond acceptors (Lipinski definition) is 5. The molecular formula is C19H31N3O2. The molecule has 0 spiro atoms. The van der Waals surface area contributed by atoms with Crippen LogP contribution in [-0.4, -0.2) is 60.9 Å². The maximum absolute atomic E-state index is 10.3. The van der Waals surface area contributed by atoms with E-state index in [9.17, 15) is 5.11 Å². The highest BCUT2D eigenvalue weighted by atomic mass is 16.5. The molecule has 2 aliphatic rings. The summed E-state index contributed by atoms with van der Waals surface area (Å²) < 4.78 is 5.49. The number of aromatic nitrogens is 1. The monoisotopic (exact) mass is 333 g/mol. The van der Waals surface area contributed by atoms with Gasteiger partial charge in [0, 0.05) is 45.1 Å². The predicted octanol–water partition coefficient (Wildman–Crippen LogP) is 1.99. The molecule has 2 fully saturated rings. The van der Waals surface area contributed by atoms with Gasteiger partial charge in [-0.05, 0) is 36.0 Å². The highest BCUT2D eigenvalue weighted by Crippen LogP contribution is 2.36. The van der Waals surface area contributed by atoms with Gasteiger partial charge in [0.1, 0.15) is 0 Å². The summed E-state index contributed by atoms with van der Waals surface area (Å²) in [6, 6.07) is 3.77. The minimum absolute atomic E-state index is 0.355. The number of nitrogens with zero attached hydrogens (tertiary/aromatic N) is 2. The summed E-state index contributed by atoms with van der Waals surface area (Å²) in [6.45, 7) is 6.60. The van der Waals surface area contributed by atoms with E-state index < -0.39 is 6.10 Å². The van der Waals surface area contributed by atoms with Crippen molar-refractivity contribution in [3.05, 3.63) is 30.1 Å². The third-order valence-electron chi connectivity index (χ3n) is 5.51. The van der Waals surface area contributed by atoms with Crippen LogP contribution >= 0.6 is 0 Å². The highest BCUT2D eigenvalue weighted by molar-refractivity contribution is 5.13. The van der Waals surface area contributed by atoms with Crippen molar-refractivity contribution in [2.75, 3.05) is 45.9 Å². The van der Waals surface area contributed by atoms with Crippen molar-refractivity contribution in [2.45, 2.75) is 38.2 Å². The Labute approximate surface area is 145 Å². The van der Waals surface area contributed by atoms with Gasteiger partial charge in [0.25, 0.3) is 0 Å². The van der Waals surface area contributed by atoms with Gasteiger partial charge >= 0.3 is 0 Å². The molecule has 5 heteroatoms. The Morgan fingerprint density at radius 1 is 1.17 bits per heavy atom. The number of hydrogen-bond donors (Lipinski definition) is 2. The second kappa shape index (κ2) is 8.90. The third-order valence-corrected chi connectivity index (χ3v) is 5.51. The van der Waals surface area contributed by atoms with Crippen molar-refractivity contribution < 1.29 is 9.84 Å². The van der Waals surface area contributed by atoms with Crippen molar-refractivity contribution in [1.29, 1.82) is 0 Å². The Kier molecular flexibility index (Phi) is 6.60. The second-order valence-corrected chi connectivity index (χ2v) is 7.38. The van der Waals surface area contributed by atoms with E-state index in [0.717, 1.165) is 45.0 Å². The third kappa shape index (κ3) is 4.99. The fourth-order valence-electron chi connectivity index (χ4n) is 4.10. The van der Waals surface area contributed by atoms with E-state index in [1.54, 1.807) is 12.4 Å². The van der Waals surface area contributed by atoms with Gasteiger partial charge in [0.15, 0.2) is 0 Å². The smallest absolute Gasteiger partial charge is 0.0915 e. The van der Waals surface area contributed by atoms with E-state index in [1.807, 2.05) is 12.1 Å². The van der Waals surface area contributed by atoms with Crippen LogP contribution in [0.1, 0.15) is 43.8 Å². The second-order valence-electron chi connectivity index (χ2n) is 7.38. The molecule has 1 aliphatic carbocycles. The molecule has 2 N–H and O–H groups in total. The van der Waals surface area contributed by atoms with Gasteiger partial charge < -0.3 is 15.2 Å². The van der Waals surface area contributed by atoms with Crippen LogP contribution in [0.25, 0.3) is 0 Å². The Bertz CT molecular complexity index is 471. The van der Waals surface area contributed by atoms with E-state index in [-0.39, 0.29) is 0 Å². The Hall–Kier alpha value is -1.01. The number of aliphatic hydroxyl groups excluding tert-OH is 1. The summed E-state index contributed by atoms with van der Waals surface area (Å²) in [4.78, 5) is 6.58. The molecule has 0 bridgehead atoms. The predicted molar refractivity (Wildman–Crippen MR) is 94.8 cm³/mol. The van der Waals surface area contributed by atoms with Crippen LogP contribution in [0.5, 0.6) is 0 Å². The van der Waals surface area contributed by atoms with Gasteiger partial charge in [0.2, 0.25) is 0 Å². The van der Waals surface area contributed by atoms with Crippen LogP contribution in [0.4, 0.5) is 0 Å². The lowest BCUT2D eigenvalue weighted by Crippen LogP contribution is -2.49. The van der Waals surface area contributed by atoms with Crippen LogP contribution in [0.15, 0.2) is 24.5 Å².